The highest BCUT2D eigenvalue weighted by atomic mass is 16.6. The number of nitrogens with zero attached hydrogens (tertiary/aromatic N) is 1. The van der Waals surface area contributed by atoms with Crippen molar-refractivity contribution in [3.8, 4) is 0 Å². The summed E-state index contributed by atoms with van der Waals surface area (Å²) in [5, 5.41) is 13.6. The summed E-state index contributed by atoms with van der Waals surface area (Å²) in [4.78, 5) is 22.7. The Morgan fingerprint density at radius 1 is 1.45 bits per heavy atom. The molecular weight excluding hydrogens is 262 g/mol. The van der Waals surface area contributed by atoms with Crippen LogP contribution in [0.15, 0.2) is 18.2 Å². The highest BCUT2D eigenvalue weighted by Crippen LogP contribution is 2.27. The maximum Gasteiger partial charge on any atom is 0.292 e. The zero-order valence-corrected chi connectivity index (χ0v) is 11.2. The maximum absolute atomic E-state index is 12.3. The van der Waals surface area contributed by atoms with Crippen LogP contribution in [0.3, 0.4) is 0 Å². The summed E-state index contributed by atoms with van der Waals surface area (Å²) >= 11 is 0. The number of nitro benzene ring substituents is 1. The molecule has 1 saturated heterocycles. The van der Waals surface area contributed by atoms with Gasteiger partial charge in [0.15, 0.2) is 0 Å². The minimum atomic E-state index is -1.03. The Labute approximate surface area is 116 Å². The molecular formula is C13H17N3O4. The van der Waals surface area contributed by atoms with Crippen LogP contribution in [0.25, 0.3) is 0 Å². The van der Waals surface area contributed by atoms with E-state index in [1.54, 1.807) is 19.1 Å². The fourth-order valence-corrected chi connectivity index (χ4v) is 2.12. The Kier molecular flexibility index (Phi) is 4.01. The van der Waals surface area contributed by atoms with Gasteiger partial charge in [0.05, 0.1) is 4.92 Å². The number of hydrogen-bond acceptors (Lipinski definition) is 5. The molecule has 1 aromatic rings. The van der Waals surface area contributed by atoms with Crippen molar-refractivity contribution in [1.29, 1.82) is 0 Å². The van der Waals surface area contributed by atoms with Gasteiger partial charge in [-0.25, -0.2) is 0 Å². The van der Waals surface area contributed by atoms with Crippen LogP contribution < -0.4 is 11.1 Å². The average Bonchev–Trinajstić information content (AvgIpc) is 2.39. The molecule has 0 atom stereocenters. The lowest BCUT2D eigenvalue weighted by atomic mass is 9.90. The molecule has 0 aliphatic carbocycles. The summed E-state index contributed by atoms with van der Waals surface area (Å²) in [6.45, 7) is 2.63. The Bertz CT molecular complexity index is 538. The lowest BCUT2D eigenvalue weighted by Crippen LogP contribution is -2.54. The molecule has 7 heteroatoms. The number of benzene rings is 1. The van der Waals surface area contributed by atoms with Crippen molar-refractivity contribution in [3.05, 3.63) is 33.9 Å². The molecule has 1 heterocycles. The van der Waals surface area contributed by atoms with E-state index in [1.807, 2.05) is 0 Å². The fraction of sp³-hybridized carbons (Fsp3) is 0.462. The first-order valence-corrected chi connectivity index (χ1v) is 6.35. The minimum Gasteiger partial charge on any atom is -0.381 e. The third-order valence-corrected chi connectivity index (χ3v) is 3.43. The summed E-state index contributed by atoms with van der Waals surface area (Å²) in [5.41, 5.74) is 5.88. The van der Waals surface area contributed by atoms with Gasteiger partial charge in [-0.3, -0.25) is 14.9 Å². The van der Waals surface area contributed by atoms with E-state index in [-0.39, 0.29) is 11.4 Å². The monoisotopic (exact) mass is 279 g/mol. The number of aryl methyl sites for hydroxylation is 1. The molecule has 1 fully saturated rings. The maximum atomic E-state index is 12.3. The summed E-state index contributed by atoms with van der Waals surface area (Å²) in [6.07, 6.45) is 0.802. The highest BCUT2D eigenvalue weighted by Gasteiger charge is 2.36. The van der Waals surface area contributed by atoms with Crippen LogP contribution in [-0.2, 0) is 9.53 Å². The van der Waals surface area contributed by atoms with E-state index in [9.17, 15) is 14.9 Å². The van der Waals surface area contributed by atoms with Crippen molar-refractivity contribution >= 4 is 17.3 Å². The normalized spacial score (nSPS) is 17.5. The quantitative estimate of drug-likeness (QED) is 0.641. The van der Waals surface area contributed by atoms with E-state index < -0.39 is 16.4 Å². The zero-order valence-electron chi connectivity index (χ0n) is 11.2. The minimum absolute atomic E-state index is 0.139. The largest absolute Gasteiger partial charge is 0.381 e. The van der Waals surface area contributed by atoms with Gasteiger partial charge in [0.1, 0.15) is 11.2 Å². The Morgan fingerprint density at radius 3 is 2.70 bits per heavy atom. The first-order valence-electron chi connectivity index (χ1n) is 6.35. The molecule has 1 aliphatic heterocycles. The summed E-state index contributed by atoms with van der Waals surface area (Å²) in [5.74, 6) is -0.408. The number of carbonyl (C=O) groups is 1. The van der Waals surface area contributed by atoms with Gasteiger partial charge in [-0.2, -0.15) is 0 Å². The zero-order chi connectivity index (χ0) is 14.8. The molecule has 0 aromatic heterocycles. The smallest absolute Gasteiger partial charge is 0.292 e. The lowest BCUT2D eigenvalue weighted by molar-refractivity contribution is -0.383. The number of rotatable bonds is 3. The summed E-state index contributed by atoms with van der Waals surface area (Å²) in [7, 11) is 0. The van der Waals surface area contributed by atoms with Crippen LogP contribution in [-0.4, -0.2) is 29.6 Å². The SMILES string of the molecule is Cc1ccc([N+](=O)[O-])c(NC(=O)C2(N)CCOCC2)c1. The lowest BCUT2D eigenvalue weighted by Gasteiger charge is -2.31. The van der Waals surface area contributed by atoms with Gasteiger partial charge in [-0.1, -0.05) is 6.07 Å². The first-order chi connectivity index (χ1) is 9.42. The second-order valence-electron chi connectivity index (χ2n) is 5.00. The van der Waals surface area contributed by atoms with Crippen LogP contribution in [0.2, 0.25) is 0 Å². The van der Waals surface area contributed by atoms with Gasteiger partial charge in [-0.15, -0.1) is 0 Å². The molecule has 7 nitrogen and oxygen atoms in total. The van der Waals surface area contributed by atoms with Gasteiger partial charge in [0.25, 0.3) is 5.69 Å². The molecule has 0 bridgehead atoms. The summed E-state index contributed by atoms with van der Waals surface area (Å²) in [6, 6.07) is 4.57. The van der Waals surface area contributed by atoms with Crippen LogP contribution in [0.5, 0.6) is 0 Å². The van der Waals surface area contributed by atoms with Crippen molar-refractivity contribution in [2.24, 2.45) is 5.73 Å². The topological polar surface area (TPSA) is 107 Å². The Morgan fingerprint density at radius 2 is 2.10 bits per heavy atom. The van der Waals surface area contributed by atoms with Gasteiger partial charge in [0, 0.05) is 19.3 Å². The molecule has 1 amide bonds. The number of amides is 1. The molecule has 0 saturated carbocycles. The van der Waals surface area contributed by atoms with Crippen LogP contribution in [0, 0.1) is 17.0 Å². The van der Waals surface area contributed by atoms with E-state index in [4.69, 9.17) is 10.5 Å². The third kappa shape index (κ3) is 2.94. The van der Waals surface area contributed by atoms with E-state index in [0.717, 1.165) is 5.56 Å². The standard InChI is InChI=1S/C13H17N3O4/c1-9-2-3-11(16(18)19)10(8-9)15-12(17)13(14)4-6-20-7-5-13/h2-3,8H,4-7,14H2,1H3,(H,15,17). The van der Waals surface area contributed by atoms with Crippen molar-refractivity contribution < 1.29 is 14.5 Å². The predicted octanol–water partition coefficient (Wildman–Crippen LogP) is 1.35. The molecule has 3 N–H and O–H groups in total. The van der Waals surface area contributed by atoms with Crippen molar-refractivity contribution in [1.82, 2.24) is 0 Å². The molecule has 2 rings (SSSR count). The molecule has 0 spiro atoms. The molecule has 20 heavy (non-hydrogen) atoms. The van der Waals surface area contributed by atoms with Crippen LogP contribution in [0.4, 0.5) is 11.4 Å². The average molecular weight is 279 g/mol. The third-order valence-electron chi connectivity index (χ3n) is 3.43. The highest BCUT2D eigenvalue weighted by molar-refractivity contribution is 5.99. The molecule has 1 aliphatic rings. The second-order valence-corrected chi connectivity index (χ2v) is 5.00. The molecule has 0 unspecified atom stereocenters. The number of hydrogen-bond donors (Lipinski definition) is 2. The Hall–Kier alpha value is -1.99. The van der Waals surface area contributed by atoms with Crippen molar-refractivity contribution in [2.45, 2.75) is 25.3 Å². The van der Waals surface area contributed by atoms with Gasteiger partial charge >= 0.3 is 0 Å². The number of carbonyl (C=O) groups excluding carboxylic acids is 1. The summed E-state index contributed by atoms with van der Waals surface area (Å²) < 4.78 is 5.18. The van der Waals surface area contributed by atoms with Gasteiger partial charge in [0.2, 0.25) is 5.91 Å². The predicted molar refractivity (Wildman–Crippen MR) is 73.4 cm³/mol. The van der Waals surface area contributed by atoms with Crippen molar-refractivity contribution in [3.63, 3.8) is 0 Å². The molecule has 0 radical (unpaired) electrons. The van der Waals surface area contributed by atoms with Crippen molar-refractivity contribution in [2.75, 3.05) is 18.5 Å². The van der Waals surface area contributed by atoms with Gasteiger partial charge < -0.3 is 15.8 Å². The van der Waals surface area contributed by atoms with E-state index in [1.165, 1.54) is 6.07 Å². The fourth-order valence-electron chi connectivity index (χ4n) is 2.12. The number of ether oxygens (including phenoxy) is 1. The van der Waals surface area contributed by atoms with Crippen LogP contribution >= 0.6 is 0 Å². The number of nitrogens with one attached hydrogen (secondary N) is 1. The Balaban J connectivity index is 2.23. The van der Waals surface area contributed by atoms with E-state index in [0.29, 0.717) is 26.1 Å². The number of nitro groups is 1. The molecule has 108 valence electrons. The first kappa shape index (κ1) is 14.4. The van der Waals surface area contributed by atoms with E-state index >= 15 is 0 Å². The number of anilines is 1. The van der Waals surface area contributed by atoms with Gasteiger partial charge in [-0.05, 0) is 31.4 Å². The second kappa shape index (κ2) is 5.56. The van der Waals surface area contributed by atoms with Crippen LogP contribution in [0.1, 0.15) is 18.4 Å². The van der Waals surface area contributed by atoms with E-state index in [2.05, 4.69) is 5.32 Å². The number of nitrogens with two attached hydrogens (primary N) is 1. The molecule has 1 aromatic carbocycles.